The third-order valence-electron chi connectivity index (χ3n) is 4.08. The molecule has 0 radical (unpaired) electrons. The summed E-state index contributed by atoms with van der Waals surface area (Å²) in [5.41, 5.74) is 0.434. The zero-order valence-electron chi connectivity index (χ0n) is 12.6. The highest BCUT2D eigenvalue weighted by molar-refractivity contribution is 7.88. The predicted molar refractivity (Wildman–Crippen MR) is 82.4 cm³/mol. The lowest BCUT2D eigenvalue weighted by molar-refractivity contribution is -0.0705. The number of rotatable bonds is 2. The highest BCUT2D eigenvalue weighted by Gasteiger charge is 2.42. The number of aromatic nitrogens is 1. The van der Waals surface area contributed by atoms with Crippen molar-refractivity contribution in [3.05, 3.63) is 16.1 Å². The van der Waals surface area contributed by atoms with Crippen LogP contribution in [0.5, 0.6) is 0 Å². The monoisotopic (exact) mass is 345 g/mol. The number of nitrogens with zero attached hydrogens (tertiary/aromatic N) is 3. The van der Waals surface area contributed by atoms with Crippen molar-refractivity contribution in [2.45, 2.75) is 25.5 Å². The van der Waals surface area contributed by atoms with Crippen LogP contribution in [-0.4, -0.2) is 73.2 Å². The van der Waals surface area contributed by atoms with Crippen molar-refractivity contribution in [3.8, 4) is 0 Å². The van der Waals surface area contributed by atoms with Crippen molar-refractivity contribution in [1.82, 2.24) is 14.2 Å². The summed E-state index contributed by atoms with van der Waals surface area (Å²) in [5.74, 6) is -0.137. The molecule has 2 saturated heterocycles. The minimum atomic E-state index is -3.30. The van der Waals surface area contributed by atoms with E-state index in [9.17, 15) is 13.2 Å². The van der Waals surface area contributed by atoms with Crippen molar-refractivity contribution in [2.24, 2.45) is 0 Å². The Bertz CT molecular complexity index is 673. The Morgan fingerprint density at radius 2 is 2.23 bits per heavy atom. The summed E-state index contributed by atoms with van der Waals surface area (Å²) in [6.45, 7) is 3.53. The Morgan fingerprint density at radius 1 is 1.45 bits per heavy atom. The number of piperidine rings is 1. The Kier molecular flexibility index (Phi) is 4.23. The van der Waals surface area contributed by atoms with Crippen LogP contribution in [0.15, 0.2) is 5.38 Å². The van der Waals surface area contributed by atoms with E-state index in [2.05, 4.69) is 4.98 Å². The topological polar surface area (TPSA) is 79.8 Å². The molecule has 22 heavy (non-hydrogen) atoms. The molecule has 0 aliphatic carbocycles. The van der Waals surface area contributed by atoms with Gasteiger partial charge in [0.15, 0.2) is 0 Å². The maximum Gasteiger partial charge on any atom is 0.273 e. The van der Waals surface area contributed by atoms with E-state index in [1.807, 2.05) is 6.92 Å². The molecule has 122 valence electrons. The standard InChI is InChI=1S/C13H19N3O4S2/c1-9-14-10(8-21-9)13(17)15-4-3-12-11(7-15)16(5-6-20-12)22(2,18)19/h8,11-12H,3-7H2,1-2H3/t11-,12-/m0/s1. The van der Waals surface area contributed by atoms with Crippen LogP contribution >= 0.6 is 11.3 Å². The summed E-state index contributed by atoms with van der Waals surface area (Å²) < 4.78 is 31.0. The van der Waals surface area contributed by atoms with Crippen LogP contribution in [0, 0.1) is 6.92 Å². The fraction of sp³-hybridized carbons (Fsp3) is 0.692. The van der Waals surface area contributed by atoms with Gasteiger partial charge in [-0.25, -0.2) is 13.4 Å². The van der Waals surface area contributed by atoms with Crippen LogP contribution < -0.4 is 0 Å². The molecule has 7 nitrogen and oxygen atoms in total. The Balaban J connectivity index is 1.79. The summed E-state index contributed by atoms with van der Waals surface area (Å²) in [5, 5.41) is 2.59. The Labute approximate surface area is 133 Å². The highest BCUT2D eigenvalue weighted by atomic mass is 32.2. The minimum Gasteiger partial charge on any atom is -0.375 e. The first kappa shape index (κ1) is 15.9. The van der Waals surface area contributed by atoms with Crippen molar-refractivity contribution >= 4 is 27.3 Å². The SMILES string of the molecule is Cc1nc(C(=O)N2CC[C@@H]3OCCN(S(C)(=O)=O)[C@H]3C2)cs1. The predicted octanol–water partition coefficient (Wildman–Crippen LogP) is 0.326. The number of hydrogen-bond acceptors (Lipinski definition) is 6. The first-order chi connectivity index (χ1) is 10.4. The van der Waals surface area contributed by atoms with E-state index in [0.29, 0.717) is 38.4 Å². The molecule has 0 N–H and O–H groups in total. The van der Waals surface area contributed by atoms with Gasteiger partial charge in [-0.05, 0) is 13.3 Å². The fourth-order valence-corrected chi connectivity index (χ4v) is 4.75. The van der Waals surface area contributed by atoms with Gasteiger partial charge in [0.1, 0.15) is 5.69 Å². The zero-order valence-corrected chi connectivity index (χ0v) is 14.2. The van der Waals surface area contributed by atoms with Gasteiger partial charge in [-0.2, -0.15) is 4.31 Å². The number of carbonyl (C=O) groups excluding carboxylic acids is 1. The van der Waals surface area contributed by atoms with Gasteiger partial charge in [-0.1, -0.05) is 0 Å². The molecule has 0 bridgehead atoms. The molecule has 3 rings (SSSR count). The second-order valence-corrected chi connectivity index (χ2v) is 8.64. The second-order valence-electron chi connectivity index (χ2n) is 5.64. The minimum absolute atomic E-state index is 0.135. The average Bonchev–Trinajstić information content (AvgIpc) is 2.91. The number of sulfonamides is 1. The van der Waals surface area contributed by atoms with Gasteiger partial charge >= 0.3 is 0 Å². The van der Waals surface area contributed by atoms with Crippen molar-refractivity contribution in [2.75, 3.05) is 32.5 Å². The molecule has 2 aliphatic heterocycles. The molecular formula is C13H19N3O4S2. The second kappa shape index (κ2) is 5.88. The van der Waals surface area contributed by atoms with Crippen LogP contribution in [0.1, 0.15) is 21.9 Å². The van der Waals surface area contributed by atoms with E-state index < -0.39 is 10.0 Å². The molecule has 0 aromatic carbocycles. The molecule has 9 heteroatoms. The van der Waals surface area contributed by atoms with Gasteiger partial charge < -0.3 is 9.64 Å². The van der Waals surface area contributed by atoms with Crippen LogP contribution in [0.3, 0.4) is 0 Å². The maximum atomic E-state index is 12.5. The van der Waals surface area contributed by atoms with E-state index in [1.54, 1.807) is 10.3 Å². The van der Waals surface area contributed by atoms with Crippen LogP contribution in [0.4, 0.5) is 0 Å². The first-order valence-corrected chi connectivity index (χ1v) is 9.89. The molecule has 0 unspecified atom stereocenters. The molecule has 3 heterocycles. The van der Waals surface area contributed by atoms with Gasteiger partial charge in [0.05, 0.1) is 30.0 Å². The van der Waals surface area contributed by atoms with E-state index in [-0.39, 0.29) is 18.1 Å². The third-order valence-corrected chi connectivity index (χ3v) is 6.16. The highest BCUT2D eigenvalue weighted by Crippen LogP contribution is 2.26. The molecule has 0 spiro atoms. The summed E-state index contributed by atoms with van der Waals surface area (Å²) in [6, 6.07) is -0.304. The van der Waals surface area contributed by atoms with Gasteiger partial charge in [-0.3, -0.25) is 4.79 Å². The van der Waals surface area contributed by atoms with Crippen LogP contribution in [0.25, 0.3) is 0 Å². The lowest BCUT2D eigenvalue weighted by Gasteiger charge is -2.45. The van der Waals surface area contributed by atoms with Crippen molar-refractivity contribution < 1.29 is 17.9 Å². The number of fused-ring (bicyclic) bond motifs is 1. The van der Waals surface area contributed by atoms with Crippen molar-refractivity contribution in [3.63, 3.8) is 0 Å². The number of morpholine rings is 1. The normalized spacial score (nSPS) is 26.7. The third kappa shape index (κ3) is 3.03. The summed E-state index contributed by atoms with van der Waals surface area (Å²) in [6.07, 6.45) is 1.72. The quantitative estimate of drug-likeness (QED) is 0.771. The number of aryl methyl sites for hydroxylation is 1. The van der Waals surface area contributed by atoms with Gasteiger partial charge in [0, 0.05) is 25.0 Å². The number of likely N-dealkylation sites (tertiary alicyclic amines) is 1. The first-order valence-electron chi connectivity index (χ1n) is 7.16. The molecule has 2 fully saturated rings. The fourth-order valence-electron chi connectivity index (χ4n) is 3.06. The number of thiazole rings is 1. The van der Waals surface area contributed by atoms with Gasteiger partial charge in [-0.15, -0.1) is 11.3 Å². The molecule has 0 saturated carbocycles. The van der Waals surface area contributed by atoms with Gasteiger partial charge in [0.2, 0.25) is 10.0 Å². The van der Waals surface area contributed by atoms with Crippen LogP contribution in [-0.2, 0) is 14.8 Å². The number of ether oxygens (including phenoxy) is 1. The van der Waals surface area contributed by atoms with E-state index in [0.717, 1.165) is 5.01 Å². The smallest absolute Gasteiger partial charge is 0.273 e. The molecular weight excluding hydrogens is 326 g/mol. The van der Waals surface area contributed by atoms with Crippen molar-refractivity contribution in [1.29, 1.82) is 0 Å². The maximum absolute atomic E-state index is 12.5. The van der Waals surface area contributed by atoms with E-state index >= 15 is 0 Å². The zero-order chi connectivity index (χ0) is 15.9. The summed E-state index contributed by atoms with van der Waals surface area (Å²) in [7, 11) is -3.30. The molecule has 2 atom stereocenters. The molecule has 1 amide bonds. The van der Waals surface area contributed by atoms with E-state index in [1.165, 1.54) is 21.9 Å². The number of carbonyl (C=O) groups is 1. The Hall–Kier alpha value is -1.03. The van der Waals surface area contributed by atoms with E-state index in [4.69, 9.17) is 4.74 Å². The average molecular weight is 345 g/mol. The molecule has 1 aromatic rings. The summed E-state index contributed by atoms with van der Waals surface area (Å²) in [4.78, 5) is 18.4. The lowest BCUT2D eigenvalue weighted by atomic mass is 10.0. The van der Waals surface area contributed by atoms with Gasteiger partial charge in [0.25, 0.3) is 5.91 Å². The largest absolute Gasteiger partial charge is 0.375 e. The van der Waals surface area contributed by atoms with Crippen LogP contribution in [0.2, 0.25) is 0 Å². The number of amides is 1. The molecule has 1 aromatic heterocycles. The number of hydrogen-bond donors (Lipinski definition) is 0. The molecule has 2 aliphatic rings. The summed E-state index contributed by atoms with van der Waals surface area (Å²) >= 11 is 1.43. The Morgan fingerprint density at radius 3 is 2.86 bits per heavy atom. The lowest BCUT2D eigenvalue weighted by Crippen LogP contribution is -2.61.